The molecule has 0 unspecified atom stereocenters. The Bertz CT molecular complexity index is 792. The van der Waals surface area contributed by atoms with E-state index in [9.17, 15) is 4.79 Å². The number of thioether (sulfide) groups is 1. The molecule has 1 amide bonds. The van der Waals surface area contributed by atoms with Crippen LogP contribution in [0.1, 0.15) is 24.0 Å². The Morgan fingerprint density at radius 1 is 1.22 bits per heavy atom. The van der Waals surface area contributed by atoms with E-state index < -0.39 is 0 Å². The molecule has 2 aromatic rings. The number of rotatable bonds is 7. The average molecular weight is 400 g/mol. The van der Waals surface area contributed by atoms with Gasteiger partial charge in [0.1, 0.15) is 0 Å². The number of hydrogen-bond donors (Lipinski definition) is 2. The lowest BCUT2D eigenvalue weighted by molar-refractivity contribution is -0.117. The standard InChI is InChI=1S/C21H25N3OS2/c1-16-7-9-17(10-8-16)15-27-13-11-22-21(26)23-18-4-2-5-19(14-18)24-12-3-6-20(24)25/h2,4-5,7-10,14H,3,6,11-13,15H2,1H3,(H2,22,23,26). The van der Waals surface area contributed by atoms with Gasteiger partial charge in [-0.15, -0.1) is 0 Å². The Morgan fingerprint density at radius 3 is 2.78 bits per heavy atom. The molecule has 1 saturated heterocycles. The quantitative estimate of drug-likeness (QED) is 0.536. The smallest absolute Gasteiger partial charge is 0.227 e. The van der Waals surface area contributed by atoms with Crippen molar-refractivity contribution >= 4 is 46.4 Å². The molecule has 6 heteroatoms. The number of benzene rings is 2. The summed E-state index contributed by atoms with van der Waals surface area (Å²) in [5, 5.41) is 7.06. The van der Waals surface area contributed by atoms with Gasteiger partial charge in [0.15, 0.2) is 5.11 Å². The molecule has 0 aliphatic carbocycles. The summed E-state index contributed by atoms with van der Waals surface area (Å²) in [5.41, 5.74) is 4.47. The van der Waals surface area contributed by atoms with Crippen LogP contribution in [-0.4, -0.2) is 29.9 Å². The fraction of sp³-hybridized carbons (Fsp3) is 0.333. The maximum absolute atomic E-state index is 11.9. The van der Waals surface area contributed by atoms with Crippen molar-refractivity contribution in [2.45, 2.75) is 25.5 Å². The first-order chi connectivity index (χ1) is 13.1. The van der Waals surface area contributed by atoms with Gasteiger partial charge in [0.2, 0.25) is 5.91 Å². The molecule has 0 radical (unpaired) electrons. The third-order valence-corrected chi connectivity index (χ3v) is 5.69. The summed E-state index contributed by atoms with van der Waals surface area (Å²) in [5.74, 6) is 2.19. The highest BCUT2D eigenvalue weighted by molar-refractivity contribution is 7.98. The van der Waals surface area contributed by atoms with Crippen molar-refractivity contribution in [2.75, 3.05) is 29.1 Å². The topological polar surface area (TPSA) is 44.4 Å². The second-order valence-electron chi connectivity index (χ2n) is 6.62. The number of carbonyl (C=O) groups excluding carboxylic acids is 1. The van der Waals surface area contributed by atoms with E-state index in [2.05, 4.69) is 41.8 Å². The van der Waals surface area contributed by atoms with E-state index in [-0.39, 0.29) is 5.91 Å². The van der Waals surface area contributed by atoms with E-state index in [1.54, 1.807) is 0 Å². The second kappa shape index (κ2) is 9.76. The maximum atomic E-state index is 11.9. The zero-order valence-corrected chi connectivity index (χ0v) is 17.2. The molecule has 1 heterocycles. The van der Waals surface area contributed by atoms with Crippen LogP contribution in [0.4, 0.5) is 11.4 Å². The molecular formula is C21H25N3OS2. The summed E-state index contributed by atoms with van der Waals surface area (Å²) in [6, 6.07) is 16.5. The fourth-order valence-electron chi connectivity index (χ4n) is 2.96. The molecule has 27 heavy (non-hydrogen) atoms. The molecule has 0 atom stereocenters. The van der Waals surface area contributed by atoms with Gasteiger partial charge >= 0.3 is 0 Å². The SMILES string of the molecule is Cc1ccc(CSCCNC(=S)Nc2cccc(N3CCCC3=O)c2)cc1. The molecule has 0 bridgehead atoms. The molecule has 2 N–H and O–H groups in total. The molecule has 1 aliphatic rings. The van der Waals surface area contributed by atoms with Crippen LogP contribution in [-0.2, 0) is 10.5 Å². The number of nitrogens with zero attached hydrogens (tertiary/aromatic N) is 1. The van der Waals surface area contributed by atoms with Gasteiger partial charge in [-0.1, -0.05) is 35.9 Å². The van der Waals surface area contributed by atoms with Gasteiger partial charge in [0, 0.05) is 42.4 Å². The summed E-state index contributed by atoms with van der Waals surface area (Å²) < 4.78 is 0. The van der Waals surface area contributed by atoms with Crippen molar-refractivity contribution < 1.29 is 4.79 Å². The van der Waals surface area contributed by atoms with Gasteiger partial charge in [-0.3, -0.25) is 4.79 Å². The lowest BCUT2D eigenvalue weighted by Gasteiger charge is -2.17. The second-order valence-corrected chi connectivity index (χ2v) is 8.13. The molecule has 2 aromatic carbocycles. The summed E-state index contributed by atoms with van der Waals surface area (Å²) >= 11 is 7.27. The van der Waals surface area contributed by atoms with Crippen LogP contribution in [0, 0.1) is 6.92 Å². The Balaban J connectivity index is 1.39. The molecule has 1 aliphatic heterocycles. The Hall–Kier alpha value is -2.05. The van der Waals surface area contributed by atoms with Gasteiger partial charge in [0.05, 0.1) is 0 Å². The lowest BCUT2D eigenvalue weighted by atomic mass is 10.2. The van der Waals surface area contributed by atoms with E-state index in [0.29, 0.717) is 11.5 Å². The van der Waals surface area contributed by atoms with Crippen LogP contribution >= 0.6 is 24.0 Å². The lowest BCUT2D eigenvalue weighted by Crippen LogP contribution is -2.30. The van der Waals surface area contributed by atoms with Gasteiger partial charge in [-0.05, 0) is 49.3 Å². The Kier molecular flexibility index (Phi) is 7.12. The third kappa shape index (κ3) is 5.97. The first-order valence-corrected chi connectivity index (χ1v) is 10.8. The van der Waals surface area contributed by atoms with Crippen molar-refractivity contribution in [3.8, 4) is 0 Å². The zero-order chi connectivity index (χ0) is 19.1. The highest BCUT2D eigenvalue weighted by atomic mass is 32.2. The molecule has 142 valence electrons. The fourth-order valence-corrected chi connectivity index (χ4v) is 4.00. The van der Waals surface area contributed by atoms with Crippen LogP contribution in [0.15, 0.2) is 48.5 Å². The van der Waals surface area contributed by atoms with E-state index in [1.807, 2.05) is 40.9 Å². The molecule has 0 aromatic heterocycles. The van der Waals surface area contributed by atoms with Crippen molar-refractivity contribution in [3.05, 3.63) is 59.7 Å². The first kappa shape index (κ1) is 19.7. The number of thiocarbonyl (C=S) groups is 1. The number of nitrogens with one attached hydrogen (secondary N) is 2. The number of carbonyl (C=O) groups is 1. The van der Waals surface area contributed by atoms with Gasteiger partial charge in [-0.25, -0.2) is 0 Å². The molecule has 0 saturated carbocycles. The monoisotopic (exact) mass is 399 g/mol. The minimum absolute atomic E-state index is 0.193. The highest BCUT2D eigenvalue weighted by Crippen LogP contribution is 2.24. The summed E-state index contributed by atoms with van der Waals surface area (Å²) in [7, 11) is 0. The predicted molar refractivity (Wildman–Crippen MR) is 120 cm³/mol. The van der Waals surface area contributed by atoms with Crippen molar-refractivity contribution in [1.29, 1.82) is 0 Å². The van der Waals surface area contributed by atoms with Crippen molar-refractivity contribution in [3.63, 3.8) is 0 Å². The van der Waals surface area contributed by atoms with E-state index in [0.717, 1.165) is 42.4 Å². The third-order valence-electron chi connectivity index (χ3n) is 4.41. The van der Waals surface area contributed by atoms with Crippen LogP contribution < -0.4 is 15.5 Å². The number of amides is 1. The molecule has 3 rings (SSSR count). The summed E-state index contributed by atoms with van der Waals surface area (Å²) in [6.45, 7) is 3.71. The number of anilines is 2. The summed E-state index contributed by atoms with van der Waals surface area (Å²) in [6.07, 6.45) is 1.56. The number of aryl methyl sites for hydroxylation is 1. The largest absolute Gasteiger partial charge is 0.362 e. The Morgan fingerprint density at radius 2 is 2.04 bits per heavy atom. The van der Waals surface area contributed by atoms with E-state index >= 15 is 0 Å². The zero-order valence-electron chi connectivity index (χ0n) is 15.5. The van der Waals surface area contributed by atoms with Gasteiger partial charge in [0.25, 0.3) is 0 Å². The maximum Gasteiger partial charge on any atom is 0.227 e. The summed E-state index contributed by atoms with van der Waals surface area (Å²) in [4.78, 5) is 13.7. The molecule has 1 fully saturated rings. The van der Waals surface area contributed by atoms with Gasteiger partial charge in [-0.2, -0.15) is 11.8 Å². The van der Waals surface area contributed by atoms with E-state index in [1.165, 1.54) is 11.1 Å². The minimum atomic E-state index is 0.193. The normalized spacial score (nSPS) is 13.7. The highest BCUT2D eigenvalue weighted by Gasteiger charge is 2.21. The van der Waals surface area contributed by atoms with Crippen LogP contribution in [0.5, 0.6) is 0 Å². The molecule has 4 nitrogen and oxygen atoms in total. The average Bonchev–Trinajstić information content (AvgIpc) is 3.09. The molecule has 0 spiro atoms. The van der Waals surface area contributed by atoms with Crippen LogP contribution in [0.3, 0.4) is 0 Å². The first-order valence-electron chi connectivity index (χ1n) is 9.20. The molecular weight excluding hydrogens is 374 g/mol. The van der Waals surface area contributed by atoms with Crippen molar-refractivity contribution in [1.82, 2.24) is 5.32 Å². The number of hydrogen-bond acceptors (Lipinski definition) is 3. The van der Waals surface area contributed by atoms with Gasteiger partial charge < -0.3 is 15.5 Å². The van der Waals surface area contributed by atoms with E-state index in [4.69, 9.17) is 12.2 Å². The predicted octanol–water partition coefficient (Wildman–Crippen LogP) is 4.34. The van der Waals surface area contributed by atoms with Crippen LogP contribution in [0.25, 0.3) is 0 Å². The minimum Gasteiger partial charge on any atom is -0.362 e. The Labute approximate surface area is 170 Å². The van der Waals surface area contributed by atoms with Crippen molar-refractivity contribution in [2.24, 2.45) is 0 Å². The van der Waals surface area contributed by atoms with Crippen LogP contribution in [0.2, 0.25) is 0 Å².